The Morgan fingerprint density at radius 1 is 1.88 bits per heavy atom. The Morgan fingerprint density at radius 2 is 2.38 bits per heavy atom. The van der Waals surface area contributed by atoms with E-state index in [2.05, 4.69) is 4.36 Å². The van der Waals surface area contributed by atoms with Gasteiger partial charge in [0.1, 0.15) is 18.6 Å². The van der Waals surface area contributed by atoms with Crippen LogP contribution in [-0.2, 0) is 15.6 Å². The summed E-state index contributed by atoms with van der Waals surface area (Å²) in [6, 6.07) is 0. The summed E-state index contributed by atoms with van der Waals surface area (Å²) in [7, 11) is -0.491. The molecule has 0 aliphatic heterocycles. The molecule has 0 saturated carbocycles. The fourth-order valence-electron chi connectivity index (χ4n) is 0.181. The number of nitrogens with zero attached hydrogens (tertiary/aromatic N) is 1. The first-order chi connectivity index (χ1) is 3.66. The second-order valence-corrected chi connectivity index (χ2v) is 1.95. The third kappa shape index (κ3) is 3.82. The third-order valence-corrected chi connectivity index (χ3v) is 0.933. The van der Waals surface area contributed by atoms with Crippen LogP contribution < -0.4 is 5.14 Å². The molecule has 4 nitrogen and oxygen atoms in total. The van der Waals surface area contributed by atoms with Crippen molar-refractivity contribution in [1.29, 1.82) is 0 Å². The molecule has 0 aliphatic carbocycles. The van der Waals surface area contributed by atoms with Crippen LogP contribution in [0, 0.1) is 0 Å². The van der Waals surface area contributed by atoms with E-state index in [1.54, 1.807) is 7.85 Å². The lowest BCUT2D eigenvalue weighted by atomic mass is 10.1. The Hall–Kier alpha value is -0.355. The van der Waals surface area contributed by atoms with Gasteiger partial charge in [0.15, 0.2) is 0 Å². The number of hydrogen-bond donors (Lipinski definition) is 2. The topological polar surface area (TPSA) is 72.5 Å². The Morgan fingerprint density at radius 3 is 2.50 bits per heavy atom. The van der Waals surface area contributed by atoms with E-state index < -0.39 is 16.7 Å². The number of rotatable bonds is 1. The van der Waals surface area contributed by atoms with Gasteiger partial charge < -0.3 is 0 Å². The molecule has 1 atom stereocenters. The van der Waals surface area contributed by atoms with E-state index in [4.69, 9.17) is 5.14 Å². The van der Waals surface area contributed by atoms with Crippen molar-refractivity contribution in [1.82, 2.24) is 0 Å². The van der Waals surface area contributed by atoms with Crippen molar-refractivity contribution in [2.45, 2.75) is 6.32 Å². The van der Waals surface area contributed by atoms with Crippen LogP contribution >= 0.6 is 0 Å². The van der Waals surface area contributed by atoms with Crippen molar-refractivity contribution in [3.63, 3.8) is 0 Å². The van der Waals surface area contributed by atoms with Crippen LogP contribution in [0.25, 0.3) is 0 Å². The molecule has 0 bridgehead atoms. The summed E-state index contributed by atoms with van der Waals surface area (Å²) in [5.41, 5.74) is 0. The van der Waals surface area contributed by atoms with Crippen LogP contribution in [-0.4, -0.2) is 18.0 Å². The van der Waals surface area contributed by atoms with Crippen molar-refractivity contribution in [3.8, 4) is 0 Å². The Kier molecular flexibility index (Phi) is 3.46. The molecule has 0 aliphatic rings. The highest BCUT2D eigenvalue weighted by atomic mass is 32.2. The maximum absolute atomic E-state index is 10.2. The van der Waals surface area contributed by atoms with Gasteiger partial charge in [-0.2, -0.15) is 4.36 Å². The van der Waals surface area contributed by atoms with Crippen LogP contribution in [0.1, 0.15) is 0 Å². The summed E-state index contributed by atoms with van der Waals surface area (Å²) in [4.78, 5) is 10.2. The molecule has 0 radical (unpaired) electrons. The Labute approximate surface area is 50.2 Å². The van der Waals surface area contributed by atoms with E-state index in [1.165, 1.54) is 0 Å². The largest absolute Gasteiger partial charge is 0.273 e. The number of amides is 1. The lowest BCUT2D eigenvalue weighted by Gasteiger charge is -1.79. The van der Waals surface area contributed by atoms with E-state index in [0.717, 1.165) is 0 Å². The lowest BCUT2D eigenvalue weighted by molar-refractivity contribution is -0.115. The predicted octanol–water partition coefficient (Wildman–Crippen LogP) is -1.90. The van der Waals surface area contributed by atoms with Crippen LogP contribution in [0.4, 0.5) is 0 Å². The zero-order valence-corrected chi connectivity index (χ0v) is 5.39. The molecule has 0 aromatic carbocycles. The van der Waals surface area contributed by atoms with Crippen molar-refractivity contribution in [3.05, 3.63) is 0 Å². The number of nitrogens with two attached hydrogens (primary N) is 1. The van der Waals surface area contributed by atoms with Crippen LogP contribution in [0.5, 0.6) is 0 Å². The van der Waals surface area contributed by atoms with Gasteiger partial charge in [0.25, 0.3) is 0 Å². The fraction of sp³-hybridized carbons (Fsp3) is 0.500. The summed E-state index contributed by atoms with van der Waals surface area (Å²) >= 11 is 0. The molecular weight excluding hydrogens is 127 g/mol. The molecule has 1 amide bonds. The minimum absolute atomic E-state index is 0.262. The van der Waals surface area contributed by atoms with Crippen molar-refractivity contribution in [2.24, 2.45) is 9.50 Å². The number of carbonyl (C=O) groups excluding carboxylic acids is 1. The molecule has 1 unspecified atom stereocenters. The lowest BCUT2D eigenvalue weighted by Crippen LogP contribution is -1.96. The van der Waals surface area contributed by atoms with Gasteiger partial charge >= 0.3 is 0 Å². The average Bonchev–Trinajstić information content (AvgIpc) is 1.65. The van der Waals surface area contributed by atoms with Crippen molar-refractivity contribution >= 4 is 24.5 Å². The molecule has 0 saturated heterocycles. The summed E-state index contributed by atoms with van der Waals surface area (Å²) in [6.07, 6.45) is 0.262. The van der Waals surface area contributed by atoms with Gasteiger partial charge in [-0.05, 0) is 6.32 Å². The highest BCUT2D eigenvalue weighted by Crippen LogP contribution is 1.77. The van der Waals surface area contributed by atoms with Gasteiger partial charge in [-0.3, -0.25) is 4.79 Å². The van der Waals surface area contributed by atoms with Gasteiger partial charge in [0.05, 0.1) is 0 Å². The molecule has 0 rings (SSSR count). The number of carbonyl (C=O) groups is 1. The van der Waals surface area contributed by atoms with Gasteiger partial charge in [-0.1, -0.05) is 0 Å². The summed E-state index contributed by atoms with van der Waals surface area (Å²) in [5, 5.41) is 4.69. The highest BCUT2D eigenvalue weighted by molar-refractivity contribution is 7.72. The third-order valence-electron chi connectivity index (χ3n) is 0.513. The quantitative estimate of drug-likeness (QED) is 0.324. The molecule has 2 N–H and O–H groups in total. The van der Waals surface area contributed by atoms with Crippen LogP contribution in [0.2, 0.25) is 6.32 Å². The van der Waals surface area contributed by atoms with Gasteiger partial charge in [-0.25, -0.2) is 9.35 Å². The maximum atomic E-state index is 10.2. The van der Waals surface area contributed by atoms with Crippen molar-refractivity contribution < 1.29 is 9.00 Å². The summed E-state index contributed by atoms with van der Waals surface area (Å²) in [5.74, 6) is -0.409. The second kappa shape index (κ2) is 3.62. The van der Waals surface area contributed by atoms with E-state index >= 15 is 0 Å². The molecule has 8 heavy (non-hydrogen) atoms. The van der Waals surface area contributed by atoms with Gasteiger partial charge in [0.2, 0.25) is 5.91 Å². The van der Waals surface area contributed by atoms with E-state index in [9.17, 15) is 9.00 Å². The number of hydrogen-bond acceptors (Lipinski definition) is 2. The minimum atomic E-state index is -2.12. The Bertz CT molecular complexity index is 161. The van der Waals surface area contributed by atoms with E-state index in [0.29, 0.717) is 0 Å². The first kappa shape index (κ1) is 7.64. The maximum Gasteiger partial charge on any atom is 0.246 e. The molecule has 0 aromatic rings. The fourth-order valence-corrected chi connectivity index (χ4v) is 0.542. The summed E-state index contributed by atoms with van der Waals surface area (Å²) in [6.45, 7) is 0. The molecule has 46 valence electrons. The SMILES string of the molecule is BCC(=O)/N=[SH](/N)=O. The second-order valence-electron chi connectivity index (χ2n) is 1.15. The van der Waals surface area contributed by atoms with Crippen LogP contribution in [0.15, 0.2) is 4.36 Å². The predicted molar refractivity (Wildman–Crippen MR) is 34.5 cm³/mol. The average molecular weight is 134 g/mol. The zero-order valence-electron chi connectivity index (χ0n) is 4.50. The first-order valence-corrected chi connectivity index (χ1v) is 3.41. The smallest absolute Gasteiger partial charge is 0.246 e. The molecule has 0 heterocycles. The number of thiol groups is 1. The summed E-state index contributed by atoms with van der Waals surface area (Å²) < 4.78 is 13.0. The molecule has 0 aromatic heterocycles. The minimum Gasteiger partial charge on any atom is -0.273 e. The molecular formula is C2H7BN2O2S. The normalized spacial score (nSPS) is 13.6. The molecule has 0 fully saturated rings. The van der Waals surface area contributed by atoms with Gasteiger partial charge in [0, 0.05) is 0 Å². The first-order valence-electron chi connectivity index (χ1n) is 2.13. The zero-order chi connectivity index (χ0) is 6.57. The molecule has 0 spiro atoms. The van der Waals surface area contributed by atoms with Crippen molar-refractivity contribution in [2.75, 3.05) is 0 Å². The van der Waals surface area contributed by atoms with E-state index in [-0.39, 0.29) is 6.32 Å². The van der Waals surface area contributed by atoms with Crippen LogP contribution in [0.3, 0.4) is 0 Å². The van der Waals surface area contributed by atoms with Gasteiger partial charge in [-0.15, -0.1) is 0 Å². The monoisotopic (exact) mass is 134 g/mol. The van der Waals surface area contributed by atoms with E-state index in [1.807, 2.05) is 0 Å². The standard InChI is InChI=1S/C2H7BN2O2S/c3-1-2(6)5-8(4)7/h8H,1,3H2,(H2,4,5,6,7). The Balaban J connectivity index is 3.90. The molecule has 6 heteroatoms. The highest BCUT2D eigenvalue weighted by Gasteiger charge is 1.88.